The van der Waals surface area contributed by atoms with Crippen LogP contribution in [-0.4, -0.2) is 40.4 Å². The number of benzene rings is 1. The monoisotopic (exact) mass is 360 g/mol. The van der Waals surface area contributed by atoms with Gasteiger partial charge in [-0.1, -0.05) is 43.0 Å². The molecule has 1 aliphatic rings. The molecule has 3 rings (SSSR count). The molecule has 2 aromatic rings. The largest absolute Gasteiger partial charge is 0.457 e. The lowest BCUT2D eigenvalue weighted by Crippen LogP contribution is -2.23. The minimum Gasteiger partial charge on any atom is -0.457 e. The van der Waals surface area contributed by atoms with Gasteiger partial charge in [-0.2, -0.15) is 5.06 Å². The Morgan fingerprint density at radius 2 is 2.28 bits per heavy atom. The summed E-state index contributed by atoms with van der Waals surface area (Å²) in [7, 11) is 0. The minimum atomic E-state index is -0.463. The summed E-state index contributed by atoms with van der Waals surface area (Å²) in [5, 5.41) is 13.7. The summed E-state index contributed by atoms with van der Waals surface area (Å²) in [6.45, 7) is 4.20. The van der Waals surface area contributed by atoms with Crippen molar-refractivity contribution in [1.29, 1.82) is 0 Å². The Balaban J connectivity index is 1.75. The molecule has 0 bridgehead atoms. The molecule has 0 amide bonds. The highest BCUT2D eigenvalue weighted by atomic mass is 32.1. The van der Waals surface area contributed by atoms with Crippen LogP contribution in [0.5, 0.6) is 0 Å². The Bertz CT molecular complexity index is 719. The van der Waals surface area contributed by atoms with Gasteiger partial charge in [0.2, 0.25) is 0 Å². The van der Waals surface area contributed by atoms with E-state index in [-0.39, 0.29) is 31.1 Å². The van der Waals surface area contributed by atoms with Crippen LogP contribution in [0.1, 0.15) is 33.5 Å². The molecule has 0 saturated carbocycles. The number of thiazole rings is 1. The molecular formula is C18H20N2O4S. The Morgan fingerprint density at radius 1 is 1.48 bits per heavy atom. The molecule has 1 aromatic carbocycles. The highest BCUT2D eigenvalue weighted by molar-refractivity contribution is 7.09. The van der Waals surface area contributed by atoms with Crippen LogP contribution in [0.3, 0.4) is 0 Å². The van der Waals surface area contributed by atoms with Crippen molar-refractivity contribution in [2.24, 2.45) is 0 Å². The third-order valence-corrected chi connectivity index (χ3v) is 4.80. The average Bonchev–Trinajstić information content (AvgIpc) is 3.27. The number of esters is 1. The molecule has 0 spiro atoms. The zero-order valence-corrected chi connectivity index (χ0v) is 14.5. The maximum atomic E-state index is 11.9. The van der Waals surface area contributed by atoms with E-state index in [1.165, 1.54) is 17.4 Å². The van der Waals surface area contributed by atoms with Crippen molar-refractivity contribution in [2.75, 3.05) is 13.2 Å². The number of hydrogen-bond acceptors (Lipinski definition) is 7. The summed E-state index contributed by atoms with van der Waals surface area (Å²) in [4.78, 5) is 22.2. The van der Waals surface area contributed by atoms with Crippen molar-refractivity contribution in [3.8, 4) is 0 Å². The molecule has 1 aromatic heterocycles. The molecule has 1 aliphatic heterocycles. The molecule has 7 heteroatoms. The lowest BCUT2D eigenvalue weighted by atomic mass is 10.1. The Kier molecular flexibility index (Phi) is 5.93. The first-order chi connectivity index (χ1) is 12.2. The number of carbonyl (C=O) groups is 1. The zero-order valence-electron chi connectivity index (χ0n) is 13.7. The Morgan fingerprint density at radius 3 is 3.00 bits per heavy atom. The van der Waals surface area contributed by atoms with Gasteiger partial charge in [-0.25, -0.2) is 9.78 Å². The fourth-order valence-electron chi connectivity index (χ4n) is 2.66. The lowest BCUT2D eigenvalue weighted by Gasteiger charge is -2.21. The van der Waals surface area contributed by atoms with Gasteiger partial charge < -0.3 is 9.84 Å². The number of rotatable bonds is 7. The number of ether oxygens (including phenoxy) is 1. The first-order valence-corrected chi connectivity index (χ1v) is 8.91. The van der Waals surface area contributed by atoms with Crippen molar-refractivity contribution in [3.63, 3.8) is 0 Å². The van der Waals surface area contributed by atoms with E-state index in [9.17, 15) is 9.90 Å². The Hall–Kier alpha value is -2.06. The molecule has 1 saturated heterocycles. The van der Waals surface area contributed by atoms with E-state index in [1.807, 2.05) is 35.4 Å². The van der Waals surface area contributed by atoms with Gasteiger partial charge in [0.1, 0.15) is 17.7 Å². The van der Waals surface area contributed by atoms with Crippen LogP contribution < -0.4 is 0 Å². The standard InChI is InChI=1S/C18H20N2O4S/c1-2-8-23-18(22)15-12-25-17(19-15)16-9-14(11-21)24-20(16)10-13-6-4-3-5-7-13/h2-7,12,14,16,21H,1,8-11H2/t14-,16+/m1/s1. The maximum Gasteiger partial charge on any atom is 0.358 e. The topological polar surface area (TPSA) is 71.9 Å². The second kappa shape index (κ2) is 8.35. The van der Waals surface area contributed by atoms with Crippen LogP contribution in [0.4, 0.5) is 0 Å². The molecule has 0 aliphatic carbocycles. The van der Waals surface area contributed by atoms with Gasteiger partial charge >= 0.3 is 5.97 Å². The predicted octanol–water partition coefficient (Wildman–Crippen LogP) is 2.73. The molecule has 0 unspecified atom stereocenters. The molecule has 2 atom stereocenters. The predicted molar refractivity (Wildman–Crippen MR) is 93.9 cm³/mol. The quantitative estimate of drug-likeness (QED) is 0.605. The molecular weight excluding hydrogens is 340 g/mol. The molecule has 132 valence electrons. The number of nitrogens with zero attached hydrogens (tertiary/aromatic N) is 2. The summed E-state index contributed by atoms with van der Waals surface area (Å²) in [6.07, 6.45) is 1.87. The highest BCUT2D eigenvalue weighted by Gasteiger charge is 2.36. The van der Waals surface area contributed by atoms with E-state index in [0.717, 1.165) is 10.6 Å². The molecule has 0 radical (unpaired) electrons. The lowest BCUT2D eigenvalue weighted by molar-refractivity contribution is -0.178. The normalized spacial score (nSPS) is 20.5. The summed E-state index contributed by atoms with van der Waals surface area (Å²) < 4.78 is 5.02. The summed E-state index contributed by atoms with van der Waals surface area (Å²) in [6, 6.07) is 9.84. The maximum absolute atomic E-state index is 11.9. The van der Waals surface area contributed by atoms with E-state index >= 15 is 0 Å². The fourth-order valence-corrected chi connectivity index (χ4v) is 3.56. The van der Waals surface area contributed by atoms with E-state index in [1.54, 1.807) is 5.38 Å². The smallest absolute Gasteiger partial charge is 0.358 e. The summed E-state index contributed by atoms with van der Waals surface area (Å²) in [5.74, 6) is -0.463. The number of hydroxylamine groups is 2. The van der Waals surface area contributed by atoms with Crippen molar-refractivity contribution < 1.29 is 19.5 Å². The van der Waals surface area contributed by atoms with Gasteiger partial charge in [0.25, 0.3) is 0 Å². The van der Waals surface area contributed by atoms with Gasteiger partial charge in [0.05, 0.1) is 12.6 Å². The molecule has 6 nitrogen and oxygen atoms in total. The first-order valence-electron chi connectivity index (χ1n) is 8.03. The van der Waals surface area contributed by atoms with Gasteiger partial charge in [-0.05, 0) is 5.56 Å². The van der Waals surface area contributed by atoms with Crippen LogP contribution >= 0.6 is 11.3 Å². The zero-order chi connectivity index (χ0) is 17.6. The van der Waals surface area contributed by atoms with E-state index in [2.05, 4.69) is 11.6 Å². The van der Waals surface area contributed by atoms with Gasteiger partial charge in [0.15, 0.2) is 5.69 Å². The van der Waals surface area contributed by atoms with Crippen molar-refractivity contribution in [2.45, 2.75) is 25.1 Å². The fraction of sp³-hybridized carbons (Fsp3) is 0.333. The second-order valence-corrected chi connectivity index (χ2v) is 6.57. The average molecular weight is 360 g/mol. The second-order valence-electron chi connectivity index (χ2n) is 5.68. The molecule has 25 heavy (non-hydrogen) atoms. The number of aromatic nitrogens is 1. The SMILES string of the molecule is C=CCOC(=O)c1csc([C@@H]2C[C@H](CO)ON2Cc2ccccc2)n1. The van der Waals surface area contributed by atoms with E-state index in [0.29, 0.717) is 13.0 Å². The van der Waals surface area contributed by atoms with E-state index in [4.69, 9.17) is 9.57 Å². The van der Waals surface area contributed by atoms with Crippen LogP contribution in [-0.2, 0) is 16.1 Å². The molecule has 1 fully saturated rings. The van der Waals surface area contributed by atoms with Crippen LogP contribution in [0.2, 0.25) is 0 Å². The number of aliphatic hydroxyl groups is 1. The van der Waals surface area contributed by atoms with Crippen molar-refractivity contribution in [1.82, 2.24) is 10.0 Å². The number of hydrogen-bond donors (Lipinski definition) is 1. The highest BCUT2D eigenvalue weighted by Crippen LogP contribution is 2.36. The first kappa shape index (κ1) is 17.8. The third kappa shape index (κ3) is 4.32. The third-order valence-electron chi connectivity index (χ3n) is 3.85. The van der Waals surface area contributed by atoms with Gasteiger partial charge in [-0.3, -0.25) is 4.84 Å². The summed E-state index contributed by atoms with van der Waals surface area (Å²) >= 11 is 1.39. The number of aliphatic hydroxyl groups excluding tert-OH is 1. The van der Waals surface area contributed by atoms with Gasteiger partial charge in [-0.15, -0.1) is 11.3 Å². The van der Waals surface area contributed by atoms with Crippen molar-refractivity contribution in [3.05, 3.63) is 64.6 Å². The molecule has 2 heterocycles. The minimum absolute atomic E-state index is 0.0542. The molecule has 1 N–H and O–H groups in total. The van der Waals surface area contributed by atoms with E-state index < -0.39 is 5.97 Å². The van der Waals surface area contributed by atoms with Crippen molar-refractivity contribution >= 4 is 17.3 Å². The van der Waals surface area contributed by atoms with Crippen LogP contribution in [0.15, 0.2) is 48.4 Å². The van der Waals surface area contributed by atoms with Gasteiger partial charge in [0, 0.05) is 18.3 Å². The van der Waals surface area contributed by atoms with Crippen LogP contribution in [0.25, 0.3) is 0 Å². The summed E-state index contributed by atoms with van der Waals surface area (Å²) in [5.41, 5.74) is 1.39. The van der Waals surface area contributed by atoms with Crippen LogP contribution in [0, 0.1) is 0 Å². The Labute approximate surface area is 150 Å². The number of carbonyl (C=O) groups excluding carboxylic acids is 1.